The van der Waals surface area contributed by atoms with Crippen molar-refractivity contribution in [2.75, 3.05) is 0 Å². The van der Waals surface area contributed by atoms with Crippen molar-refractivity contribution >= 4 is 68.1 Å². The van der Waals surface area contributed by atoms with Gasteiger partial charge in [-0.1, -0.05) is 33.6 Å². The van der Waals surface area contributed by atoms with E-state index < -0.39 is 5.97 Å². The highest BCUT2D eigenvalue weighted by Crippen LogP contribution is 2.32. The molecule has 0 saturated carbocycles. The molecular formula is C22H14BrClN2O4S. The van der Waals surface area contributed by atoms with Gasteiger partial charge in [0, 0.05) is 16.1 Å². The van der Waals surface area contributed by atoms with Crippen LogP contribution < -0.4 is 5.32 Å². The summed E-state index contributed by atoms with van der Waals surface area (Å²) in [5.41, 5.74) is 2.41. The van der Waals surface area contributed by atoms with E-state index in [2.05, 4.69) is 26.2 Å². The first kappa shape index (κ1) is 21.4. The smallest absolute Gasteiger partial charge is 0.337 e. The standard InChI is InChI=1S/C22H14BrClN2O4S/c1-11-8-13(23)3-6-17(11)25-22-26-20(27)19(31-22)10-14-4-7-18(30-14)12-2-5-15(21(28)29)16(24)9-12/h2-10H,1H3,(H,28,29)(H,25,26,27)/b19-10-. The van der Waals surface area contributed by atoms with Gasteiger partial charge in [0.2, 0.25) is 0 Å². The first-order valence-corrected chi connectivity index (χ1v) is 11.0. The number of carbonyl (C=O) groups is 2. The highest BCUT2D eigenvalue weighted by atomic mass is 79.9. The summed E-state index contributed by atoms with van der Waals surface area (Å²) in [6.07, 6.45) is 1.63. The number of carboxylic acid groups (broad SMARTS) is 1. The highest BCUT2D eigenvalue weighted by molar-refractivity contribution is 9.10. The number of hydrogen-bond acceptors (Lipinski definition) is 5. The van der Waals surface area contributed by atoms with Gasteiger partial charge >= 0.3 is 5.97 Å². The summed E-state index contributed by atoms with van der Waals surface area (Å²) >= 11 is 10.7. The summed E-state index contributed by atoms with van der Waals surface area (Å²) in [4.78, 5) is 28.4. The van der Waals surface area contributed by atoms with Crippen molar-refractivity contribution in [3.63, 3.8) is 0 Å². The van der Waals surface area contributed by atoms with E-state index in [0.717, 1.165) is 15.7 Å². The van der Waals surface area contributed by atoms with Crippen LogP contribution >= 0.6 is 39.3 Å². The van der Waals surface area contributed by atoms with Gasteiger partial charge in [0.05, 0.1) is 21.2 Å². The number of rotatable bonds is 4. The number of nitrogens with zero attached hydrogens (tertiary/aromatic N) is 1. The van der Waals surface area contributed by atoms with E-state index in [-0.39, 0.29) is 16.5 Å². The molecule has 3 aromatic rings. The zero-order valence-electron chi connectivity index (χ0n) is 16.0. The van der Waals surface area contributed by atoms with E-state index in [0.29, 0.717) is 27.2 Å². The van der Waals surface area contributed by atoms with Crippen molar-refractivity contribution < 1.29 is 19.1 Å². The van der Waals surface area contributed by atoms with E-state index in [1.165, 1.54) is 23.9 Å². The Morgan fingerprint density at radius 2 is 2.03 bits per heavy atom. The Morgan fingerprint density at radius 3 is 2.74 bits per heavy atom. The minimum atomic E-state index is -1.10. The van der Waals surface area contributed by atoms with Crippen LogP contribution in [0.15, 0.2) is 67.3 Å². The molecular weight excluding hydrogens is 504 g/mol. The van der Waals surface area contributed by atoms with Crippen LogP contribution in [0.4, 0.5) is 5.69 Å². The summed E-state index contributed by atoms with van der Waals surface area (Å²) in [5.74, 6) is -0.368. The minimum Gasteiger partial charge on any atom is -0.478 e. The molecule has 4 rings (SSSR count). The lowest BCUT2D eigenvalue weighted by atomic mass is 10.1. The van der Waals surface area contributed by atoms with Gasteiger partial charge in [-0.3, -0.25) is 4.79 Å². The number of aliphatic imine (C=N–C) groups is 1. The molecule has 31 heavy (non-hydrogen) atoms. The van der Waals surface area contributed by atoms with Gasteiger partial charge in [-0.25, -0.2) is 9.79 Å². The van der Waals surface area contributed by atoms with Crippen LogP contribution in [0, 0.1) is 6.92 Å². The number of carboxylic acids is 1. The molecule has 1 aliphatic rings. The summed E-state index contributed by atoms with van der Waals surface area (Å²) in [6.45, 7) is 1.95. The minimum absolute atomic E-state index is 0.0196. The first-order valence-electron chi connectivity index (χ1n) is 8.99. The van der Waals surface area contributed by atoms with Crippen molar-refractivity contribution in [3.8, 4) is 11.3 Å². The summed E-state index contributed by atoms with van der Waals surface area (Å²) < 4.78 is 6.76. The largest absolute Gasteiger partial charge is 0.478 e. The number of amides is 1. The fourth-order valence-electron chi connectivity index (χ4n) is 2.89. The Bertz CT molecular complexity index is 1280. The molecule has 0 atom stereocenters. The van der Waals surface area contributed by atoms with Crippen molar-refractivity contribution in [3.05, 3.63) is 79.8 Å². The van der Waals surface area contributed by atoms with Gasteiger partial charge < -0.3 is 14.8 Å². The Balaban J connectivity index is 1.55. The lowest BCUT2D eigenvalue weighted by molar-refractivity contribution is -0.115. The number of halogens is 2. The van der Waals surface area contributed by atoms with Crippen molar-refractivity contribution in [1.82, 2.24) is 5.32 Å². The number of carbonyl (C=O) groups excluding carboxylic acids is 1. The van der Waals surface area contributed by atoms with Crippen molar-refractivity contribution in [2.45, 2.75) is 6.92 Å². The fourth-order valence-corrected chi connectivity index (χ4v) is 4.44. The van der Waals surface area contributed by atoms with E-state index in [1.54, 1.807) is 24.3 Å². The molecule has 1 fully saturated rings. The van der Waals surface area contributed by atoms with E-state index in [4.69, 9.17) is 21.1 Å². The molecule has 156 valence electrons. The predicted octanol–water partition coefficient (Wildman–Crippen LogP) is 6.26. The second-order valence-electron chi connectivity index (χ2n) is 6.61. The predicted molar refractivity (Wildman–Crippen MR) is 126 cm³/mol. The molecule has 1 saturated heterocycles. The number of aromatic carboxylic acids is 1. The topological polar surface area (TPSA) is 91.9 Å². The number of hydrogen-bond donors (Lipinski definition) is 2. The monoisotopic (exact) mass is 516 g/mol. The second kappa shape index (κ2) is 8.74. The SMILES string of the molecule is Cc1cc(Br)ccc1N=C1NC(=O)/C(=C/c2ccc(-c3ccc(C(=O)O)c(Cl)c3)o2)S1. The number of nitrogens with one attached hydrogen (secondary N) is 1. The van der Waals surface area contributed by atoms with Gasteiger partial charge in [-0.2, -0.15) is 0 Å². The molecule has 1 amide bonds. The Hall–Kier alpha value is -2.81. The quantitative estimate of drug-likeness (QED) is 0.399. The van der Waals surface area contributed by atoms with Gasteiger partial charge in [-0.15, -0.1) is 0 Å². The van der Waals surface area contributed by atoms with Crippen LogP contribution in [0.25, 0.3) is 17.4 Å². The third-order valence-electron chi connectivity index (χ3n) is 4.42. The van der Waals surface area contributed by atoms with Crippen molar-refractivity contribution in [1.29, 1.82) is 0 Å². The molecule has 2 aromatic carbocycles. The Labute approximate surface area is 195 Å². The van der Waals surface area contributed by atoms with Crippen molar-refractivity contribution in [2.24, 2.45) is 4.99 Å². The fraction of sp³-hybridized carbons (Fsp3) is 0.0455. The molecule has 1 aromatic heterocycles. The van der Waals surface area contributed by atoms with Crippen LogP contribution in [-0.4, -0.2) is 22.2 Å². The summed E-state index contributed by atoms with van der Waals surface area (Å²) in [7, 11) is 0. The summed E-state index contributed by atoms with van der Waals surface area (Å²) in [6, 6.07) is 13.8. The maximum atomic E-state index is 12.3. The molecule has 9 heteroatoms. The van der Waals surface area contributed by atoms with Crippen LogP contribution in [0.3, 0.4) is 0 Å². The number of aryl methyl sites for hydroxylation is 1. The Kier molecular flexibility index (Phi) is 6.04. The van der Waals surface area contributed by atoms with Gasteiger partial charge in [0.15, 0.2) is 5.17 Å². The van der Waals surface area contributed by atoms with Crippen LogP contribution in [0.2, 0.25) is 5.02 Å². The van der Waals surface area contributed by atoms with Crippen LogP contribution in [-0.2, 0) is 4.79 Å². The van der Waals surface area contributed by atoms with Crippen LogP contribution in [0.5, 0.6) is 0 Å². The van der Waals surface area contributed by atoms with Gasteiger partial charge in [0.25, 0.3) is 5.91 Å². The molecule has 0 unspecified atom stereocenters. The number of thioether (sulfide) groups is 1. The Morgan fingerprint density at radius 1 is 1.23 bits per heavy atom. The number of benzene rings is 2. The number of furan rings is 1. The van der Waals surface area contributed by atoms with E-state index in [9.17, 15) is 9.59 Å². The third-order valence-corrected chi connectivity index (χ3v) is 6.13. The van der Waals surface area contributed by atoms with Crippen LogP contribution in [0.1, 0.15) is 21.7 Å². The normalized spacial score (nSPS) is 16.2. The zero-order chi connectivity index (χ0) is 22.1. The number of amidine groups is 1. The van der Waals surface area contributed by atoms with Gasteiger partial charge in [-0.05, 0) is 66.7 Å². The zero-order valence-corrected chi connectivity index (χ0v) is 19.1. The second-order valence-corrected chi connectivity index (χ2v) is 8.97. The molecule has 2 N–H and O–H groups in total. The maximum absolute atomic E-state index is 12.3. The van der Waals surface area contributed by atoms with Gasteiger partial charge in [0.1, 0.15) is 11.5 Å². The molecule has 1 aliphatic heterocycles. The molecule has 6 nitrogen and oxygen atoms in total. The lowest BCUT2D eigenvalue weighted by Gasteiger charge is -2.01. The molecule has 0 radical (unpaired) electrons. The molecule has 0 aliphatic carbocycles. The lowest BCUT2D eigenvalue weighted by Crippen LogP contribution is -2.19. The molecule has 0 bridgehead atoms. The molecule has 0 spiro atoms. The molecule has 2 heterocycles. The van der Waals surface area contributed by atoms with E-state index in [1.807, 2.05) is 25.1 Å². The average molecular weight is 518 g/mol. The average Bonchev–Trinajstić information content (AvgIpc) is 3.31. The third kappa shape index (κ3) is 4.76. The highest BCUT2D eigenvalue weighted by Gasteiger charge is 2.24. The first-order chi connectivity index (χ1) is 14.8. The van der Waals surface area contributed by atoms with E-state index >= 15 is 0 Å². The maximum Gasteiger partial charge on any atom is 0.337 e. The summed E-state index contributed by atoms with van der Waals surface area (Å²) in [5, 5.41) is 12.5.